The van der Waals surface area contributed by atoms with E-state index in [2.05, 4.69) is 15.9 Å². The molecule has 1 aliphatic heterocycles. The number of nitrogens with zero attached hydrogens (tertiary/aromatic N) is 1. The molecule has 1 aliphatic rings. The Labute approximate surface area is 99.5 Å². The van der Waals surface area contributed by atoms with Gasteiger partial charge >= 0.3 is 17.8 Å². The second-order valence-corrected chi connectivity index (χ2v) is 4.20. The molecule has 0 unspecified atom stereocenters. The Balaban J connectivity index is 2.19. The predicted molar refractivity (Wildman–Crippen MR) is 58.2 cm³/mol. The highest BCUT2D eigenvalue weighted by Gasteiger charge is 2.36. The van der Waals surface area contributed by atoms with E-state index in [1.165, 1.54) is 0 Å². The van der Waals surface area contributed by atoms with Gasteiger partial charge in [-0.1, -0.05) is 28.1 Å². The van der Waals surface area contributed by atoms with Crippen LogP contribution in [0.4, 0.5) is 4.79 Å². The third kappa shape index (κ3) is 1.96. The quantitative estimate of drug-likeness (QED) is 0.651. The lowest BCUT2D eigenvalue weighted by atomic mass is 10.2. The SMILES string of the molecule is O=C1NC(=O)N(Cc2cccc(Br)c2)C1=O. The molecule has 0 radical (unpaired) electrons. The normalized spacial score (nSPS) is 15.6. The maximum Gasteiger partial charge on any atom is 0.331 e. The molecule has 0 spiro atoms. The van der Waals surface area contributed by atoms with Crippen molar-refractivity contribution in [2.75, 3.05) is 0 Å². The van der Waals surface area contributed by atoms with Gasteiger partial charge in [0.25, 0.3) is 0 Å². The van der Waals surface area contributed by atoms with Crippen molar-refractivity contribution in [2.24, 2.45) is 0 Å². The first-order chi connectivity index (χ1) is 7.58. The smallest absolute Gasteiger partial charge is 0.269 e. The molecule has 5 nitrogen and oxygen atoms in total. The first kappa shape index (κ1) is 10.8. The molecule has 1 heterocycles. The van der Waals surface area contributed by atoms with Crippen molar-refractivity contribution >= 4 is 33.8 Å². The minimum atomic E-state index is -0.875. The molecule has 1 aromatic rings. The third-order valence-electron chi connectivity index (χ3n) is 2.13. The van der Waals surface area contributed by atoms with Crippen LogP contribution < -0.4 is 5.32 Å². The van der Waals surface area contributed by atoms with Crippen molar-refractivity contribution in [1.29, 1.82) is 0 Å². The fourth-order valence-electron chi connectivity index (χ4n) is 1.39. The summed E-state index contributed by atoms with van der Waals surface area (Å²) in [5, 5.41) is 1.94. The fraction of sp³-hybridized carbons (Fsp3) is 0.100. The van der Waals surface area contributed by atoms with E-state index in [0.717, 1.165) is 14.9 Å². The zero-order valence-corrected chi connectivity index (χ0v) is 9.65. The Morgan fingerprint density at radius 2 is 2.00 bits per heavy atom. The number of rotatable bonds is 2. The topological polar surface area (TPSA) is 66.5 Å². The predicted octanol–water partition coefficient (Wildman–Crippen LogP) is 1.03. The van der Waals surface area contributed by atoms with Gasteiger partial charge in [0.15, 0.2) is 0 Å². The summed E-state index contributed by atoms with van der Waals surface area (Å²) >= 11 is 3.28. The van der Waals surface area contributed by atoms with Crippen LogP contribution in [0.25, 0.3) is 0 Å². The van der Waals surface area contributed by atoms with Crippen LogP contribution >= 0.6 is 15.9 Å². The van der Waals surface area contributed by atoms with Gasteiger partial charge in [0.1, 0.15) is 0 Å². The van der Waals surface area contributed by atoms with Gasteiger partial charge in [-0.05, 0) is 17.7 Å². The Kier molecular flexibility index (Phi) is 2.74. The monoisotopic (exact) mass is 282 g/mol. The lowest BCUT2D eigenvalue weighted by Crippen LogP contribution is -2.30. The molecule has 6 heteroatoms. The van der Waals surface area contributed by atoms with Crippen LogP contribution in [0.2, 0.25) is 0 Å². The van der Waals surface area contributed by atoms with Crippen molar-refractivity contribution in [2.45, 2.75) is 6.54 Å². The zero-order valence-electron chi connectivity index (χ0n) is 8.07. The van der Waals surface area contributed by atoms with Crippen LogP contribution in [-0.4, -0.2) is 22.7 Å². The van der Waals surface area contributed by atoms with Crippen molar-refractivity contribution in [1.82, 2.24) is 10.2 Å². The minimum absolute atomic E-state index is 0.0931. The summed E-state index contributed by atoms with van der Waals surface area (Å²) in [4.78, 5) is 34.3. The van der Waals surface area contributed by atoms with Crippen LogP contribution in [0.1, 0.15) is 5.56 Å². The highest BCUT2D eigenvalue weighted by atomic mass is 79.9. The highest BCUT2D eigenvalue weighted by molar-refractivity contribution is 9.10. The van der Waals surface area contributed by atoms with E-state index in [1.54, 1.807) is 18.2 Å². The summed E-state index contributed by atoms with van der Waals surface area (Å²) in [6.07, 6.45) is 0. The largest absolute Gasteiger partial charge is 0.331 e. The molecule has 0 atom stereocenters. The number of nitrogens with one attached hydrogen (secondary N) is 1. The number of urea groups is 1. The van der Waals surface area contributed by atoms with Gasteiger partial charge in [-0.2, -0.15) is 0 Å². The van der Waals surface area contributed by atoms with Crippen LogP contribution in [0.15, 0.2) is 28.7 Å². The van der Waals surface area contributed by atoms with Crippen molar-refractivity contribution in [3.05, 3.63) is 34.3 Å². The van der Waals surface area contributed by atoms with Crippen molar-refractivity contribution in [3.63, 3.8) is 0 Å². The van der Waals surface area contributed by atoms with Gasteiger partial charge in [0, 0.05) is 4.47 Å². The van der Waals surface area contributed by atoms with Gasteiger partial charge in [-0.25, -0.2) is 4.79 Å². The molecule has 1 aromatic carbocycles. The maximum absolute atomic E-state index is 11.3. The Hall–Kier alpha value is -1.69. The molecule has 0 aliphatic carbocycles. The minimum Gasteiger partial charge on any atom is -0.269 e. The van der Waals surface area contributed by atoms with Crippen LogP contribution in [0, 0.1) is 0 Å². The molecule has 4 amide bonds. The second kappa shape index (κ2) is 4.05. The third-order valence-corrected chi connectivity index (χ3v) is 2.63. The van der Waals surface area contributed by atoms with E-state index >= 15 is 0 Å². The standard InChI is InChI=1S/C10H7BrN2O3/c11-7-3-1-2-6(4-7)5-13-9(15)8(14)12-10(13)16/h1-4H,5H2,(H,12,14,16). The second-order valence-electron chi connectivity index (χ2n) is 3.28. The molecule has 2 rings (SSSR count). The summed E-state index contributed by atoms with van der Waals surface area (Å²) in [5.74, 6) is -1.69. The molecule has 0 saturated carbocycles. The average molecular weight is 283 g/mol. The number of carbonyl (C=O) groups excluding carboxylic acids is 3. The number of imide groups is 2. The van der Waals surface area contributed by atoms with E-state index in [1.807, 2.05) is 11.4 Å². The van der Waals surface area contributed by atoms with Crippen LogP contribution in [-0.2, 0) is 16.1 Å². The summed E-state index contributed by atoms with van der Waals surface area (Å²) in [5.41, 5.74) is 0.771. The number of hydrogen-bond donors (Lipinski definition) is 1. The summed E-state index contributed by atoms with van der Waals surface area (Å²) in [6, 6.07) is 6.51. The molecule has 1 fully saturated rings. The molecular weight excluding hydrogens is 276 g/mol. The Morgan fingerprint density at radius 1 is 1.25 bits per heavy atom. The number of hydrogen-bond acceptors (Lipinski definition) is 3. The summed E-state index contributed by atoms with van der Waals surface area (Å²) in [7, 11) is 0. The van der Waals surface area contributed by atoms with Gasteiger partial charge in [-0.15, -0.1) is 0 Å². The van der Waals surface area contributed by atoms with Gasteiger partial charge < -0.3 is 0 Å². The molecular formula is C10H7BrN2O3. The van der Waals surface area contributed by atoms with E-state index in [0.29, 0.717) is 0 Å². The Morgan fingerprint density at radius 3 is 2.56 bits per heavy atom. The van der Waals surface area contributed by atoms with E-state index in [-0.39, 0.29) is 6.54 Å². The van der Waals surface area contributed by atoms with E-state index in [9.17, 15) is 14.4 Å². The fourth-order valence-corrected chi connectivity index (χ4v) is 1.84. The maximum atomic E-state index is 11.3. The van der Waals surface area contributed by atoms with Crippen molar-refractivity contribution in [3.8, 4) is 0 Å². The van der Waals surface area contributed by atoms with E-state index < -0.39 is 17.8 Å². The van der Waals surface area contributed by atoms with Gasteiger partial charge in [0.2, 0.25) is 0 Å². The first-order valence-electron chi connectivity index (χ1n) is 4.49. The molecule has 1 saturated heterocycles. The lowest BCUT2D eigenvalue weighted by Gasteiger charge is -2.11. The van der Waals surface area contributed by atoms with Gasteiger partial charge in [-0.3, -0.25) is 19.8 Å². The highest BCUT2D eigenvalue weighted by Crippen LogP contribution is 2.14. The lowest BCUT2D eigenvalue weighted by molar-refractivity contribution is -0.140. The summed E-state index contributed by atoms with van der Waals surface area (Å²) in [6.45, 7) is 0.0931. The molecule has 1 N–H and O–H groups in total. The number of carbonyl (C=O) groups is 3. The average Bonchev–Trinajstić information content (AvgIpc) is 2.45. The molecule has 0 bridgehead atoms. The first-order valence-corrected chi connectivity index (χ1v) is 5.28. The Bertz CT molecular complexity index is 487. The van der Waals surface area contributed by atoms with E-state index in [4.69, 9.17) is 0 Å². The molecule has 0 aromatic heterocycles. The van der Waals surface area contributed by atoms with Crippen LogP contribution in [0.5, 0.6) is 0 Å². The van der Waals surface area contributed by atoms with Crippen molar-refractivity contribution < 1.29 is 14.4 Å². The zero-order chi connectivity index (χ0) is 11.7. The summed E-state index contributed by atoms with van der Waals surface area (Å²) < 4.78 is 0.850. The number of amides is 4. The van der Waals surface area contributed by atoms with Gasteiger partial charge in [0.05, 0.1) is 6.54 Å². The molecule has 16 heavy (non-hydrogen) atoms. The number of benzene rings is 1. The number of halogens is 1. The van der Waals surface area contributed by atoms with Crippen LogP contribution in [0.3, 0.4) is 0 Å². The molecule has 82 valence electrons.